The molecule has 1 aliphatic rings. The number of ether oxygens (including phenoxy) is 1. The Hall–Kier alpha value is -2.68. The van der Waals surface area contributed by atoms with Gasteiger partial charge in [-0.1, -0.05) is 68.1 Å². The van der Waals surface area contributed by atoms with Crippen LogP contribution in [0.1, 0.15) is 18.1 Å². The number of hydrogen-bond donors (Lipinski definition) is 2. The normalized spacial score (nSPS) is 19.8. The van der Waals surface area contributed by atoms with Gasteiger partial charge in [0.25, 0.3) is 0 Å². The number of β-amino-alcohol motifs (C(OH)–C–C–N with tert-alkyl or cyclic N) is 1. The summed E-state index contributed by atoms with van der Waals surface area (Å²) in [6.45, 7) is 5.69. The van der Waals surface area contributed by atoms with E-state index in [2.05, 4.69) is 11.9 Å². The molecule has 8 heteroatoms. The number of aliphatic hydroxyl groups excluding tert-OH is 1. The van der Waals surface area contributed by atoms with Crippen LogP contribution in [0, 0.1) is 5.92 Å². The standard InChI is InChI=1S/C24H30N2O5S/c1-3-13-31-24(28)25-21(15-19-9-5-4-6-10-19)22(27)17-26-16-18(2)14-20-11-7-8-12-23(20)32(26,29)30/h3-12,18,21-22,27H,1,13-17H2,2H3,(H,25,28)/t18-,21+,22-/m1/s1. The van der Waals surface area contributed by atoms with E-state index in [1.165, 1.54) is 10.4 Å². The lowest BCUT2D eigenvalue weighted by atomic mass is 10.00. The van der Waals surface area contributed by atoms with Crippen molar-refractivity contribution in [1.82, 2.24) is 9.62 Å². The number of alkyl carbamates (subject to hydrolysis) is 1. The first-order valence-electron chi connectivity index (χ1n) is 10.7. The third-order valence-electron chi connectivity index (χ3n) is 5.46. The molecule has 3 rings (SSSR count). The molecule has 1 amide bonds. The summed E-state index contributed by atoms with van der Waals surface area (Å²) in [6, 6.07) is 15.6. The summed E-state index contributed by atoms with van der Waals surface area (Å²) in [6.07, 6.45) is 0.582. The van der Waals surface area contributed by atoms with Gasteiger partial charge in [-0.15, -0.1) is 0 Å². The minimum atomic E-state index is -3.78. The van der Waals surface area contributed by atoms with Gasteiger partial charge in [-0.2, -0.15) is 4.31 Å². The number of carbonyl (C=O) groups is 1. The first-order chi connectivity index (χ1) is 15.3. The number of nitrogens with zero attached hydrogens (tertiary/aromatic N) is 1. The molecule has 0 unspecified atom stereocenters. The maximum Gasteiger partial charge on any atom is 0.407 e. The van der Waals surface area contributed by atoms with Gasteiger partial charge in [0.2, 0.25) is 10.0 Å². The van der Waals surface area contributed by atoms with Crippen molar-refractivity contribution >= 4 is 16.1 Å². The highest BCUT2D eigenvalue weighted by atomic mass is 32.2. The number of nitrogens with one attached hydrogen (secondary N) is 1. The first-order valence-corrected chi connectivity index (χ1v) is 12.1. The third kappa shape index (κ3) is 5.97. The maximum atomic E-state index is 13.3. The molecule has 7 nitrogen and oxygen atoms in total. The second-order valence-electron chi connectivity index (χ2n) is 8.13. The average Bonchev–Trinajstić information content (AvgIpc) is 2.86. The fourth-order valence-electron chi connectivity index (χ4n) is 3.94. The van der Waals surface area contributed by atoms with Gasteiger partial charge in [0.1, 0.15) is 6.61 Å². The summed E-state index contributed by atoms with van der Waals surface area (Å²) >= 11 is 0. The van der Waals surface area contributed by atoms with Crippen LogP contribution in [0.5, 0.6) is 0 Å². The van der Waals surface area contributed by atoms with Crippen LogP contribution in [0.3, 0.4) is 0 Å². The van der Waals surface area contributed by atoms with Gasteiger partial charge in [-0.05, 0) is 36.0 Å². The van der Waals surface area contributed by atoms with Crippen molar-refractivity contribution < 1.29 is 23.1 Å². The fraction of sp³-hybridized carbons (Fsp3) is 0.375. The molecule has 0 bridgehead atoms. The molecule has 0 aromatic heterocycles. The molecular weight excluding hydrogens is 428 g/mol. The third-order valence-corrected chi connectivity index (χ3v) is 7.40. The number of carbonyl (C=O) groups excluding carboxylic acids is 1. The molecule has 32 heavy (non-hydrogen) atoms. The van der Waals surface area contributed by atoms with Crippen molar-refractivity contribution in [3.63, 3.8) is 0 Å². The molecular formula is C24H30N2O5S. The van der Waals surface area contributed by atoms with Crippen LogP contribution in [-0.2, 0) is 27.6 Å². The molecule has 0 saturated heterocycles. The summed E-state index contributed by atoms with van der Waals surface area (Å²) < 4.78 is 33.0. The molecule has 2 aromatic carbocycles. The van der Waals surface area contributed by atoms with Gasteiger partial charge in [0, 0.05) is 13.1 Å². The molecule has 0 aliphatic carbocycles. The molecule has 2 aromatic rings. The second-order valence-corrected chi connectivity index (χ2v) is 10.0. The monoisotopic (exact) mass is 458 g/mol. The van der Waals surface area contributed by atoms with Crippen LogP contribution < -0.4 is 5.32 Å². The lowest BCUT2D eigenvalue weighted by Gasteiger charge is -2.29. The molecule has 1 aliphatic heterocycles. The quantitative estimate of drug-likeness (QED) is 0.593. The molecule has 0 saturated carbocycles. The van der Waals surface area contributed by atoms with Crippen molar-refractivity contribution in [3.05, 3.63) is 78.4 Å². The van der Waals surface area contributed by atoms with Crippen LogP contribution in [0.25, 0.3) is 0 Å². The van der Waals surface area contributed by atoms with E-state index in [1.807, 2.05) is 49.4 Å². The summed E-state index contributed by atoms with van der Waals surface area (Å²) in [5, 5.41) is 13.7. The van der Waals surface area contributed by atoms with E-state index in [4.69, 9.17) is 4.74 Å². The van der Waals surface area contributed by atoms with Crippen molar-refractivity contribution in [2.24, 2.45) is 5.92 Å². The van der Waals surface area contributed by atoms with Crippen LogP contribution in [0.4, 0.5) is 4.79 Å². The van der Waals surface area contributed by atoms with Crippen molar-refractivity contribution in [3.8, 4) is 0 Å². The zero-order chi connectivity index (χ0) is 23.1. The van der Waals surface area contributed by atoms with Crippen molar-refractivity contribution in [2.45, 2.75) is 36.8 Å². The van der Waals surface area contributed by atoms with Crippen LogP contribution in [0.15, 0.2) is 72.1 Å². The molecule has 3 atom stereocenters. The fourth-order valence-corrected chi connectivity index (χ4v) is 5.75. The summed E-state index contributed by atoms with van der Waals surface area (Å²) in [5.74, 6) is 0.0821. The van der Waals surface area contributed by atoms with E-state index in [0.29, 0.717) is 12.8 Å². The van der Waals surface area contributed by atoms with E-state index in [0.717, 1.165) is 11.1 Å². The van der Waals surface area contributed by atoms with Crippen molar-refractivity contribution in [2.75, 3.05) is 19.7 Å². The van der Waals surface area contributed by atoms with E-state index < -0.39 is 28.3 Å². The van der Waals surface area contributed by atoms with E-state index in [-0.39, 0.29) is 30.5 Å². The highest BCUT2D eigenvalue weighted by molar-refractivity contribution is 7.89. The van der Waals surface area contributed by atoms with Gasteiger partial charge >= 0.3 is 6.09 Å². The average molecular weight is 459 g/mol. The Bertz CT molecular complexity index is 1030. The van der Waals surface area contributed by atoms with Crippen LogP contribution in [0.2, 0.25) is 0 Å². The summed E-state index contributed by atoms with van der Waals surface area (Å²) in [7, 11) is -3.78. The Morgan fingerprint density at radius 1 is 1.25 bits per heavy atom. The highest BCUT2D eigenvalue weighted by Gasteiger charge is 2.35. The predicted molar refractivity (Wildman–Crippen MR) is 123 cm³/mol. The number of rotatable bonds is 8. The largest absolute Gasteiger partial charge is 0.445 e. The van der Waals surface area contributed by atoms with E-state index in [1.54, 1.807) is 12.1 Å². The zero-order valence-corrected chi connectivity index (χ0v) is 19.0. The molecule has 1 heterocycles. The smallest absolute Gasteiger partial charge is 0.407 e. The zero-order valence-electron chi connectivity index (χ0n) is 18.2. The Labute approximate surface area is 189 Å². The molecule has 0 radical (unpaired) electrons. The van der Waals surface area contributed by atoms with Crippen LogP contribution in [-0.4, -0.2) is 55.8 Å². The van der Waals surface area contributed by atoms with Gasteiger partial charge in [0.15, 0.2) is 0 Å². The van der Waals surface area contributed by atoms with Crippen LogP contribution >= 0.6 is 0 Å². The SMILES string of the molecule is C=CCOC(=O)N[C@@H](Cc1ccccc1)[C@H](O)CN1C[C@H](C)Cc2ccccc2S1(=O)=O. The van der Waals surface area contributed by atoms with E-state index in [9.17, 15) is 18.3 Å². The molecule has 0 fully saturated rings. The van der Waals surface area contributed by atoms with Gasteiger partial charge in [-0.25, -0.2) is 13.2 Å². The predicted octanol–water partition coefficient (Wildman–Crippen LogP) is 2.75. The number of sulfonamides is 1. The summed E-state index contributed by atoms with van der Waals surface area (Å²) in [4.78, 5) is 12.4. The topological polar surface area (TPSA) is 95.9 Å². The minimum Gasteiger partial charge on any atom is -0.445 e. The number of aliphatic hydroxyl groups is 1. The Balaban J connectivity index is 1.82. The molecule has 2 N–H and O–H groups in total. The lowest BCUT2D eigenvalue weighted by Crippen LogP contribution is -2.51. The van der Waals surface area contributed by atoms with E-state index >= 15 is 0 Å². The van der Waals surface area contributed by atoms with Gasteiger partial charge in [-0.3, -0.25) is 0 Å². The second kappa shape index (κ2) is 10.8. The first kappa shape index (κ1) is 24.0. The number of fused-ring (bicyclic) bond motifs is 1. The Morgan fingerprint density at radius 3 is 2.66 bits per heavy atom. The number of benzene rings is 2. The maximum absolute atomic E-state index is 13.3. The lowest BCUT2D eigenvalue weighted by molar-refractivity contribution is 0.0919. The molecule has 0 spiro atoms. The van der Waals surface area contributed by atoms with Crippen molar-refractivity contribution in [1.29, 1.82) is 0 Å². The Morgan fingerprint density at radius 2 is 1.94 bits per heavy atom. The Kier molecular flexibility index (Phi) is 8.06. The van der Waals surface area contributed by atoms with Gasteiger partial charge in [0.05, 0.1) is 17.0 Å². The number of amides is 1. The highest BCUT2D eigenvalue weighted by Crippen LogP contribution is 2.28. The number of hydrogen-bond acceptors (Lipinski definition) is 5. The summed E-state index contributed by atoms with van der Waals surface area (Å²) in [5.41, 5.74) is 1.68. The molecule has 172 valence electrons. The minimum absolute atomic E-state index is 0.0365. The van der Waals surface area contributed by atoms with Gasteiger partial charge < -0.3 is 15.2 Å².